The summed E-state index contributed by atoms with van der Waals surface area (Å²) in [6, 6.07) is 4.12. The Morgan fingerprint density at radius 1 is 1.35 bits per heavy atom. The second kappa shape index (κ2) is 5.61. The zero-order chi connectivity index (χ0) is 14.9. The molecule has 0 aliphatic carbocycles. The molecule has 1 saturated heterocycles. The molecule has 1 atom stereocenters. The lowest BCUT2D eigenvalue weighted by molar-refractivity contribution is -0.137. The molecule has 0 radical (unpaired) electrons. The van der Waals surface area contributed by atoms with Crippen molar-refractivity contribution in [1.82, 2.24) is 9.80 Å². The third kappa shape index (κ3) is 3.43. The number of halogens is 3. The molecular formula is C14H20F3N3. The van der Waals surface area contributed by atoms with Crippen molar-refractivity contribution in [3.63, 3.8) is 0 Å². The number of nitrogens with two attached hydrogens (primary N) is 1. The van der Waals surface area contributed by atoms with Gasteiger partial charge in [0.2, 0.25) is 0 Å². The molecule has 1 heterocycles. The number of rotatable bonds is 3. The van der Waals surface area contributed by atoms with Crippen molar-refractivity contribution >= 4 is 5.69 Å². The van der Waals surface area contributed by atoms with Gasteiger partial charge in [-0.2, -0.15) is 13.2 Å². The monoisotopic (exact) mass is 287 g/mol. The molecule has 1 aliphatic rings. The Balaban J connectivity index is 2.04. The molecule has 1 aliphatic heterocycles. The normalized spacial score (nSPS) is 20.8. The molecule has 0 amide bonds. The number of likely N-dealkylation sites (N-methyl/N-ethyl adjacent to an activating group) is 1. The number of hydrogen-bond acceptors (Lipinski definition) is 3. The first-order valence-electron chi connectivity index (χ1n) is 6.62. The topological polar surface area (TPSA) is 32.5 Å². The molecule has 112 valence electrons. The van der Waals surface area contributed by atoms with Crippen LogP contribution in [0.25, 0.3) is 0 Å². The van der Waals surface area contributed by atoms with Crippen LogP contribution in [0.1, 0.15) is 17.5 Å². The highest BCUT2D eigenvalue weighted by Gasteiger charge is 2.31. The van der Waals surface area contributed by atoms with Crippen LogP contribution in [0.15, 0.2) is 18.2 Å². The number of nitrogen functional groups attached to an aromatic ring is 1. The molecule has 0 spiro atoms. The van der Waals surface area contributed by atoms with E-state index in [1.54, 1.807) is 0 Å². The molecule has 20 heavy (non-hydrogen) atoms. The van der Waals surface area contributed by atoms with Crippen LogP contribution >= 0.6 is 0 Å². The molecule has 0 aromatic heterocycles. The van der Waals surface area contributed by atoms with Crippen LogP contribution < -0.4 is 5.73 Å². The second-order valence-corrected chi connectivity index (χ2v) is 5.55. The average Bonchev–Trinajstić information content (AvgIpc) is 2.79. The number of nitrogens with zero attached hydrogens (tertiary/aromatic N) is 2. The fourth-order valence-corrected chi connectivity index (χ4v) is 2.53. The highest BCUT2D eigenvalue weighted by atomic mass is 19.4. The van der Waals surface area contributed by atoms with Crippen LogP contribution in [0.4, 0.5) is 18.9 Å². The van der Waals surface area contributed by atoms with Crippen LogP contribution in [0.3, 0.4) is 0 Å². The van der Waals surface area contributed by atoms with Crippen molar-refractivity contribution in [3.05, 3.63) is 29.3 Å². The third-order valence-corrected chi connectivity index (χ3v) is 3.84. The van der Waals surface area contributed by atoms with Crippen LogP contribution in [0, 0.1) is 0 Å². The molecule has 0 bridgehead atoms. The fraction of sp³-hybridized carbons (Fsp3) is 0.571. The zero-order valence-corrected chi connectivity index (χ0v) is 11.7. The maximum absolute atomic E-state index is 12.6. The van der Waals surface area contributed by atoms with Gasteiger partial charge in [0.1, 0.15) is 0 Å². The van der Waals surface area contributed by atoms with Crippen molar-refractivity contribution in [2.45, 2.75) is 25.2 Å². The van der Waals surface area contributed by atoms with Crippen molar-refractivity contribution in [2.75, 3.05) is 32.9 Å². The number of hydrogen-bond donors (Lipinski definition) is 1. The van der Waals surface area contributed by atoms with Gasteiger partial charge in [0.05, 0.1) is 5.56 Å². The van der Waals surface area contributed by atoms with Gasteiger partial charge in [-0.15, -0.1) is 0 Å². The molecule has 0 saturated carbocycles. The number of alkyl halides is 3. The molecule has 2 N–H and O–H groups in total. The third-order valence-electron chi connectivity index (χ3n) is 3.84. The first kappa shape index (κ1) is 15.1. The van der Waals surface area contributed by atoms with Crippen LogP contribution in [0.2, 0.25) is 0 Å². The maximum atomic E-state index is 12.6. The van der Waals surface area contributed by atoms with Gasteiger partial charge in [-0.3, -0.25) is 4.90 Å². The summed E-state index contributed by atoms with van der Waals surface area (Å²) in [5.41, 5.74) is 6.04. The summed E-state index contributed by atoms with van der Waals surface area (Å²) in [7, 11) is 4.08. The molecule has 1 aromatic carbocycles. The summed E-state index contributed by atoms with van der Waals surface area (Å²) < 4.78 is 37.7. The molecule has 0 unspecified atom stereocenters. The number of anilines is 1. The van der Waals surface area contributed by atoms with Gasteiger partial charge in [0.15, 0.2) is 0 Å². The van der Waals surface area contributed by atoms with E-state index in [-0.39, 0.29) is 5.69 Å². The molecule has 3 nitrogen and oxygen atoms in total. The predicted molar refractivity (Wildman–Crippen MR) is 73.2 cm³/mol. The Morgan fingerprint density at radius 2 is 2.05 bits per heavy atom. The standard InChI is InChI=1S/C14H20F3N3/c1-19(2)12-5-6-20(9-12)8-10-3-4-11(7-13(10)18)14(15,16)17/h3-4,7,12H,5-6,8-9,18H2,1-2H3/t12-/m0/s1. The Morgan fingerprint density at radius 3 is 2.55 bits per heavy atom. The van der Waals surface area contributed by atoms with Crippen molar-refractivity contribution in [3.8, 4) is 0 Å². The minimum atomic E-state index is -4.34. The van der Waals surface area contributed by atoms with E-state index in [1.165, 1.54) is 6.07 Å². The van der Waals surface area contributed by atoms with Crippen LogP contribution in [-0.4, -0.2) is 43.0 Å². The Hall–Kier alpha value is -1.27. The van der Waals surface area contributed by atoms with Crippen molar-refractivity contribution in [2.24, 2.45) is 0 Å². The van der Waals surface area contributed by atoms with Gasteiger partial charge < -0.3 is 10.6 Å². The van der Waals surface area contributed by atoms with Crippen molar-refractivity contribution in [1.29, 1.82) is 0 Å². The predicted octanol–water partition coefficient (Wildman–Crippen LogP) is 2.42. The molecule has 2 rings (SSSR count). The lowest BCUT2D eigenvalue weighted by atomic mass is 10.1. The van der Waals surface area contributed by atoms with E-state index in [9.17, 15) is 13.2 Å². The first-order valence-corrected chi connectivity index (χ1v) is 6.62. The van der Waals surface area contributed by atoms with Gasteiger partial charge in [-0.05, 0) is 38.2 Å². The molecular weight excluding hydrogens is 267 g/mol. The molecule has 1 aromatic rings. The highest BCUT2D eigenvalue weighted by Crippen LogP contribution is 2.31. The van der Waals surface area contributed by atoms with E-state index in [0.29, 0.717) is 12.6 Å². The minimum absolute atomic E-state index is 0.216. The Bertz CT molecular complexity index is 471. The van der Waals surface area contributed by atoms with Gasteiger partial charge in [-0.1, -0.05) is 6.07 Å². The minimum Gasteiger partial charge on any atom is -0.398 e. The van der Waals surface area contributed by atoms with Crippen molar-refractivity contribution < 1.29 is 13.2 Å². The van der Waals surface area contributed by atoms with E-state index in [2.05, 4.69) is 9.80 Å². The molecule has 6 heteroatoms. The lowest BCUT2D eigenvalue weighted by Crippen LogP contribution is -2.31. The zero-order valence-electron chi connectivity index (χ0n) is 11.7. The molecule has 1 fully saturated rings. The number of likely N-dealkylation sites (tertiary alicyclic amines) is 1. The average molecular weight is 287 g/mol. The summed E-state index contributed by atoms with van der Waals surface area (Å²) in [6.45, 7) is 2.48. The van der Waals surface area contributed by atoms with Crippen LogP contribution in [0.5, 0.6) is 0 Å². The summed E-state index contributed by atoms with van der Waals surface area (Å²) >= 11 is 0. The van der Waals surface area contributed by atoms with Gasteiger partial charge in [0, 0.05) is 31.4 Å². The fourth-order valence-electron chi connectivity index (χ4n) is 2.53. The summed E-state index contributed by atoms with van der Waals surface area (Å²) in [5, 5.41) is 0. The highest BCUT2D eigenvalue weighted by molar-refractivity contribution is 5.49. The maximum Gasteiger partial charge on any atom is 0.416 e. The second-order valence-electron chi connectivity index (χ2n) is 5.55. The van der Waals surface area contributed by atoms with E-state index < -0.39 is 11.7 Å². The Kier molecular flexibility index (Phi) is 4.25. The summed E-state index contributed by atoms with van der Waals surface area (Å²) in [5.74, 6) is 0. The largest absolute Gasteiger partial charge is 0.416 e. The summed E-state index contributed by atoms with van der Waals surface area (Å²) in [4.78, 5) is 4.40. The number of benzene rings is 1. The Labute approximate surface area is 117 Å². The van der Waals surface area contributed by atoms with E-state index in [1.807, 2.05) is 14.1 Å². The van der Waals surface area contributed by atoms with Gasteiger partial charge in [-0.25, -0.2) is 0 Å². The summed E-state index contributed by atoms with van der Waals surface area (Å²) in [6.07, 6.45) is -3.26. The van der Waals surface area contributed by atoms with E-state index in [4.69, 9.17) is 5.73 Å². The SMILES string of the molecule is CN(C)[C@H]1CCN(Cc2ccc(C(F)(F)F)cc2N)C1. The van der Waals surface area contributed by atoms with Gasteiger partial charge in [0.25, 0.3) is 0 Å². The van der Waals surface area contributed by atoms with Crippen LogP contribution in [-0.2, 0) is 12.7 Å². The van der Waals surface area contributed by atoms with Gasteiger partial charge >= 0.3 is 6.18 Å². The quantitative estimate of drug-likeness (QED) is 0.867. The lowest BCUT2D eigenvalue weighted by Gasteiger charge is -2.21. The first-order chi connectivity index (χ1) is 9.27. The van der Waals surface area contributed by atoms with E-state index in [0.717, 1.165) is 37.2 Å². The van der Waals surface area contributed by atoms with E-state index >= 15 is 0 Å². The smallest absolute Gasteiger partial charge is 0.398 e.